The van der Waals surface area contributed by atoms with Gasteiger partial charge >= 0.3 is 0 Å². The van der Waals surface area contributed by atoms with Crippen LogP contribution in [-0.4, -0.2) is 47.4 Å². The number of benzene rings is 1. The highest BCUT2D eigenvalue weighted by molar-refractivity contribution is 5.92. The molecule has 0 aliphatic carbocycles. The van der Waals surface area contributed by atoms with Crippen LogP contribution in [0.25, 0.3) is 0 Å². The Hall–Kier alpha value is -2.29. The molecule has 144 valence electrons. The zero-order valence-corrected chi connectivity index (χ0v) is 15.2. The summed E-state index contributed by atoms with van der Waals surface area (Å²) in [7, 11) is 0. The Morgan fingerprint density at radius 2 is 1.81 bits per heavy atom. The van der Waals surface area contributed by atoms with Gasteiger partial charge in [0.1, 0.15) is 6.04 Å². The lowest BCUT2D eigenvalue weighted by Gasteiger charge is -2.23. The molecule has 1 rings (SSSR count). The SMILES string of the molecule is CC(=O)[C@H](CCN)NC(=O)[C@@H](NC(=O)Cc1cccc(CN)c1)C(C)O. The molecule has 0 spiro atoms. The average molecular weight is 364 g/mol. The first-order valence-corrected chi connectivity index (χ1v) is 8.54. The Bertz CT molecular complexity index is 633. The molecule has 0 radical (unpaired) electrons. The molecule has 0 fully saturated rings. The number of carbonyl (C=O) groups is 3. The maximum Gasteiger partial charge on any atom is 0.245 e. The Balaban J connectivity index is 2.75. The second kappa shape index (κ2) is 10.6. The first kappa shape index (κ1) is 21.8. The van der Waals surface area contributed by atoms with E-state index in [1.165, 1.54) is 13.8 Å². The molecule has 1 aromatic carbocycles. The van der Waals surface area contributed by atoms with Gasteiger partial charge in [0.25, 0.3) is 0 Å². The first-order valence-electron chi connectivity index (χ1n) is 8.54. The average Bonchev–Trinajstić information content (AvgIpc) is 2.58. The third kappa shape index (κ3) is 6.91. The molecule has 26 heavy (non-hydrogen) atoms. The van der Waals surface area contributed by atoms with Gasteiger partial charge in [-0.05, 0) is 37.9 Å². The van der Waals surface area contributed by atoms with E-state index in [1.807, 2.05) is 12.1 Å². The minimum atomic E-state index is -1.17. The maximum absolute atomic E-state index is 12.4. The highest BCUT2D eigenvalue weighted by Gasteiger charge is 2.28. The summed E-state index contributed by atoms with van der Waals surface area (Å²) in [4.78, 5) is 36.2. The van der Waals surface area contributed by atoms with E-state index in [1.54, 1.807) is 12.1 Å². The number of Topliss-reactive ketones (excluding diaryl/α,β-unsaturated/α-hetero) is 1. The van der Waals surface area contributed by atoms with Gasteiger partial charge in [-0.2, -0.15) is 0 Å². The third-order valence-corrected chi connectivity index (χ3v) is 3.94. The summed E-state index contributed by atoms with van der Waals surface area (Å²) in [6.07, 6.45) is -0.795. The van der Waals surface area contributed by atoms with Gasteiger partial charge in [0.2, 0.25) is 11.8 Å². The predicted octanol–water partition coefficient (Wildman–Crippen LogP) is -1.02. The molecule has 0 saturated heterocycles. The largest absolute Gasteiger partial charge is 0.391 e. The van der Waals surface area contributed by atoms with Crippen molar-refractivity contribution in [3.05, 3.63) is 35.4 Å². The summed E-state index contributed by atoms with van der Waals surface area (Å²) in [5, 5.41) is 14.9. The number of hydrogen-bond donors (Lipinski definition) is 5. The lowest BCUT2D eigenvalue weighted by atomic mass is 10.1. The van der Waals surface area contributed by atoms with E-state index in [0.29, 0.717) is 6.54 Å². The molecule has 8 heteroatoms. The van der Waals surface area contributed by atoms with Crippen molar-refractivity contribution in [1.82, 2.24) is 10.6 Å². The van der Waals surface area contributed by atoms with Crippen LogP contribution in [0.3, 0.4) is 0 Å². The maximum atomic E-state index is 12.4. The number of rotatable bonds is 10. The molecule has 1 aromatic rings. The second-order valence-corrected chi connectivity index (χ2v) is 6.24. The topological polar surface area (TPSA) is 148 Å². The number of nitrogens with two attached hydrogens (primary N) is 2. The lowest BCUT2D eigenvalue weighted by Crippen LogP contribution is -2.56. The molecule has 2 amide bonds. The van der Waals surface area contributed by atoms with Crippen molar-refractivity contribution < 1.29 is 19.5 Å². The van der Waals surface area contributed by atoms with Crippen LogP contribution in [0.2, 0.25) is 0 Å². The summed E-state index contributed by atoms with van der Waals surface area (Å²) < 4.78 is 0. The Labute approximate surface area is 153 Å². The van der Waals surface area contributed by atoms with Gasteiger partial charge in [0.05, 0.1) is 18.6 Å². The van der Waals surface area contributed by atoms with Gasteiger partial charge in [0, 0.05) is 6.54 Å². The lowest BCUT2D eigenvalue weighted by molar-refractivity contribution is -0.133. The van der Waals surface area contributed by atoms with Crippen LogP contribution in [-0.2, 0) is 27.3 Å². The molecule has 0 aromatic heterocycles. The molecule has 1 unspecified atom stereocenters. The van der Waals surface area contributed by atoms with Crippen LogP contribution < -0.4 is 22.1 Å². The van der Waals surface area contributed by atoms with Crippen molar-refractivity contribution in [2.24, 2.45) is 11.5 Å². The van der Waals surface area contributed by atoms with Crippen molar-refractivity contribution in [3.63, 3.8) is 0 Å². The van der Waals surface area contributed by atoms with E-state index in [0.717, 1.165) is 11.1 Å². The van der Waals surface area contributed by atoms with E-state index in [-0.39, 0.29) is 25.2 Å². The van der Waals surface area contributed by atoms with Gasteiger partial charge in [-0.15, -0.1) is 0 Å². The van der Waals surface area contributed by atoms with E-state index >= 15 is 0 Å². The van der Waals surface area contributed by atoms with Crippen LogP contribution in [0.5, 0.6) is 0 Å². The van der Waals surface area contributed by atoms with E-state index < -0.39 is 30.0 Å². The van der Waals surface area contributed by atoms with Gasteiger partial charge in [0.15, 0.2) is 5.78 Å². The van der Waals surface area contributed by atoms with Crippen molar-refractivity contribution in [2.75, 3.05) is 6.54 Å². The smallest absolute Gasteiger partial charge is 0.245 e. The fourth-order valence-corrected chi connectivity index (χ4v) is 2.49. The molecule has 0 aliphatic rings. The third-order valence-electron chi connectivity index (χ3n) is 3.94. The first-order chi connectivity index (χ1) is 12.3. The van der Waals surface area contributed by atoms with E-state index in [9.17, 15) is 19.5 Å². The fourth-order valence-electron chi connectivity index (χ4n) is 2.49. The van der Waals surface area contributed by atoms with Crippen molar-refractivity contribution in [2.45, 2.75) is 51.4 Å². The molecular weight excluding hydrogens is 336 g/mol. The van der Waals surface area contributed by atoms with Crippen LogP contribution >= 0.6 is 0 Å². The predicted molar refractivity (Wildman–Crippen MR) is 97.9 cm³/mol. The summed E-state index contributed by atoms with van der Waals surface area (Å²) in [6, 6.07) is 5.33. The van der Waals surface area contributed by atoms with Gasteiger partial charge in [-0.1, -0.05) is 24.3 Å². The molecule has 0 aliphatic heterocycles. The zero-order chi connectivity index (χ0) is 19.7. The number of nitrogens with one attached hydrogen (secondary N) is 2. The monoisotopic (exact) mass is 364 g/mol. The summed E-state index contributed by atoms with van der Waals surface area (Å²) in [6.45, 7) is 3.34. The van der Waals surface area contributed by atoms with Crippen LogP contribution in [0, 0.1) is 0 Å². The molecule has 8 nitrogen and oxygen atoms in total. The number of ketones is 1. The Kier molecular flexibility index (Phi) is 8.91. The Morgan fingerprint density at radius 3 is 2.35 bits per heavy atom. The van der Waals surface area contributed by atoms with Crippen LogP contribution in [0.15, 0.2) is 24.3 Å². The highest BCUT2D eigenvalue weighted by Crippen LogP contribution is 2.06. The Morgan fingerprint density at radius 1 is 1.15 bits per heavy atom. The highest BCUT2D eigenvalue weighted by atomic mass is 16.3. The van der Waals surface area contributed by atoms with Crippen LogP contribution in [0.1, 0.15) is 31.4 Å². The molecular formula is C18H28N4O4. The number of carbonyl (C=O) groups excluding carboxylic acids is 3. The van der Waals surface area contributed by atoms with Gasteiger partial charge in [-0.25, -0.2) is 0 Å². The second-order valence-electron chi connectivity index (χ2n) is 6.24. The number of amides is 2. The molecule has 0 bridgehead atoms. The quantitative estimate of drug-likeness (QED) is 0.359. The van der Waals surface area contributed by atoms with E-state index in [4.69, 9.17) is 11.5 Å². The minimum Gasteiger partial charge on any atom is -0.391 e. The summed E-state index contributed by atoms with van der Waals surface area (Å²) in [5.74, 6) is -1.28. The standard InChI is InChI=1S/C18H28N4O4/c1-11(23)15(6-7-19)21-18(26)17(12(2)24)22-16(25)9-13-4-3-5-14(8-13)10-20/h3-5,8,12,15,17,24H,6-7,9-10,19-20H2,1-2H3,(H,21,26)(H,22,25)/t12?,15-,17-/m0/s1. The molecule has 0 heterocycles. The normalized spacial score (nSPS) is 14.2. The fraction of sp³-hybridized carbons (Fsp3) is 0.500. The number of hydrogen-bond acceptors (Lipinski definition) is 6. The molecule has 0 saturated carbocycles. The summed E-state index contributed by atoms with van der Waals surface area (Å²) in [5.41, 5.74) is 12.7. The van der Waals surface area contributed by atoms with Gasteiger partial charge in [-0.3, -0.25) is 14.4 Å². The molecule has 3 atom stereocenters. The number of aliphatic hydroxyl groups is 1. The van der Waals surface area contributed by atoms with Crippen LogP contribution in [0.4, 0.5) is 0 Å². The summed E-state index contributed by atoms with van der Waals surface area (Å²) >= 11 is 0. The van der Waals surface area contributed by atoms with Crippen molar-refractivity contribution >= 4 is 17.6 Å². The molecule has 7 N–H and O–H groups in total. The van der Waals surface area contributed by atoms with E-state index in [2.05, 4.69) is 10.6 Å². The van der Waals surface area contributed by atoms with Crippen molar-refractivity contribution in [1.29, 1.82) is 0 Å². The number of aliphatic hydroxyl groups excluding tert-OH is 1. The zero-order valence-electron chi connectivity index (χ0n) is 15.2. The van der Waals surface area contributed by atoms with Gasteiger partial charge < -0.3 is 27.2 Å². The van der Waals surface area contributed by atoms with Crippen molar-refractivity contribution in [3.8, 4) is 0 Å². The minimum absolute atomic E-state index is 0.0449.